The quantitative estimate of drug-likeness (QED) is 0.652. The normalized spacial score (nSPS) is 49.0. The molecule has 0 spiro atoms. The van der Waals surface area contributed by atoms with Gasteiger partial charge >= 0.3 is 0 Å². The molecule has 0 bridgehead atoms. The van der Waals surface area contributed by atoms with Crippen LogP contribution in [-0.4, -0.2) is 11.8 Å². The number of fused-ring (bicyclic) bond motifs is 5. The van der Waals surface area contributed by atoms with E-state index < -0.39 is 0 Å². The molecule has 3 saturated carbocycles. The van der Waals surface area contributed by atoms with Crippen LogP contribution in [0.2, 0.25) is 0 Å². The smallest absolute Gasteiger partial charge is 0.156 e. The monoisotopic (exact) mass is 313 g/mol. The summed E-state index contributed by atoms with van der Waals surface area (Å²) in [5.41, 5.74) is 2.61. The Morgan fingerprint density at radius 3 is 2.70 bits per heavy atom. The molecule has 0 aliphatic heterocycles. The molecule has 3 heteroatoms. The van der Waals surface area contributed by atoms with Gasteiger partial charge in [-0.15, -0.1) is 0 Å². The Morgan fingerprint density at radius 1 is 1.17 bits per heavy atom. The standard InChI is InChI=1S/C20H27NO2/c1-12-10-14-15-4-5-18(21-23)20(15,3)9-7-16(14)19(2)8-6-13(22)11-17(12)19/h11,14-16,18H,1,4-10H2,2-3H3/t14?,15?,16?,18-,19+,20-/m0/s1. The lowest BCUT2D eigenvalue weighted by atomic mass is 9.46. The lowest BCUT2D eigenvalue weighted by molar-refractivity contribution is -0.117. The second-order valence-electron chi connectivity index (χ2n) is 8.87. The predicted octanol–water partition coefficient (Wildman–Crippen LogP) is 4.82. The van der Waals surface area contributed by atoms with Crippen LogP contribution in [0.25, 0.3) is 0 Å². The summed E-state index contributed by atoms with van der Waals surface area (Å²) in [6.45, 7) is 9.00. The maximum atomic E-state index is 11.9. The number of nitrogens with zero attached hydrogens (tertiary/aromatic N) is 1. The first-order chi connectivity index (χ1) is 10.9. The van der Waals surface area contributed by atoms with E-state index in [1.54, 1.807) is 0 Å². The fourth-order valence-electron chi connectivity index (χ4n) is 6.71. The number of hydrogen-bond acceptors (Lipinski definition) is 3. The van der Waals surface area contributed by atoms with E-state index in [4.69, 9.17) is 0 Å². The lowest BCUT2D eigenvalue weighted by Crippen LogP contribution is -2.51. The zero-order valence-corrected chi connectivity index (χ0v) is 14.3. The number of carbonyl (C=O) groups excluding carboxylic acids is 1. The Kier molecular flexibility index (Phi) is 3.24. The van der Waals surface area contributed by atoms with E-state index in [1.165, 1.54) is 17.6 Å². The molecule has 4 aliphatic carbocycles. The fourth-order valence-corrected chi connectivity index (χ4v) is 6.71. The average molecular weight is 313 g/mol. The minimum atomic E-state index is -0.000561. The van der Waals surface area contributed by atoms with E-state index in [-0.39, 0.29) is 22.7 Å². The molecule has 0 aromatic rings. The van der Waals surface area contributed by atoms with Gasteiger partial charge in [0.15, 0.2) is 5.78 Å². The van der Waals surface area contributed by atoms with Crippen LogP contribution in [0, 0.1) is 33.5 Å². The molecule has 3 nitrogen and oxygen atoms in total. The third-order valence-electron chi connectivity index (χ3n) is 8.01. The van der Waals surface area contributed by atoms with Gasteiger partial charge in [0, 0.05) is 6.42 Å². The van der Waals surface area contributed by atoms with Gasteiger partial charge in [0.1, 0.15) is 0 Å². The van der Waals surface area contributed by atoms with Gasteiger partial charge in [0.25, 0.3) is 0 Å². The summed E-state index contributed by atoms with van der Waals surface area (Å²) in [5.74, 6) is 2.11. The van der Waals surface area contributed by atoms with Crippen LogP contribution >= 0.6 is 0 Å². The molecule has 0 N–H and O–H groups in total. The number of carbonyl (C=O) groups is 1. The van der Waals surface area contributed by atoms with Crippen molar-refractivity contribution < 1.29 is 4.79 Å². The SMILES string of the molecule is C=C1CC2C(CC[C@@]3(C)C2CC[C@@H]3N=O)[C@@]2(C)CCC(=O)C=C12. The summed E-state index contributed by atoms with van der Waals surface area (Å²) in [4.78, 5) is 23.2. The maximum absolute atomic E-state index is 11.9. The molecule has 4 aliphatic rings. The van der Waals surface area contributed by atoms with Crippen molar-refractivity contribution in [2.45, 2.75) is 64.8 Å². The Hall–Kier alpha value is -1.25. The number of rotatable bonds is 1. The second kappa shape index (κ2) is 4.87. The van der Waals surface area contributed by atoms with Gasteiger partial charge in [0.2, 0.25) is 0 Å². The summed E-state index contributed by atoms with van der Waals surface area (Å²) in [6, 6.07) is -0.000561. The molecule has 0 aromatic heterocycles. The minimum absolute atomic E-state index is 0.000561. The minimum Gasteiger partial charge on any atom is -0.295 e. The largest absolute Gasteiger partial charge is 0.295 e. The summed E-state index contributed by atoms with van der Waals surface area (Å²) >= 11 is 0. The van der Waals surface area contributed by atoms with E-state index in [0.29, 0.717) is 24.2 Å². The molecular weight excluding hydrogens is 286 g/mol. The van der Waals surface area contributed by atoms with E-state index >= 15 is 0 Å². The van der Waals surface area contributed by atoms with Gasteiger partial charge in [-0.3, -0.25) is 4.79 Å². The Balaban J connectivity index is 1.73. The summed E-state index contributed by atoms with van der Waals surface area (Å²) in [5, 5.41) is 3.48. The van der Waals surface area contributed by atoms with Crippen LogP contribution < -0.4 is 0 Å². The van der Waals surface area contributed by atoms with Gasteiger partial charge in [-0.05, 0) is 78.8 Å². The fraction of sp³-hybridized carbons (Fsp3) is 0.750. The van der Waals surface area contributed by atoms with Gasteiger partial charge < -0.3 is 0 Å². The van der Waals surface area contributed by atoms with Crippen molar-refractivity contribution in [3.63, 3.8) is 0 Å². The van der Waals surface area contributed by atoms with Crippen molar-refractivity contribution in [1.29, 1.82) is 0 Å². The molecule has 124 valence electrons. The molecule has 3 unspecified atom stereocenters. The third-order valence-corrected chi connectivity index (χ3v) is 8.01. The number of ketones is 1. The zero-order valence-electron chi connectivity index (χ0n) is 14.3. The number of nitroso groups, excluding NO2 is 1. The molecule has 6 atom stereocenters. The van der Waals surface area contributed by atoms with Crippen LogP contribution in [0.1, 0.15) is 58.8 Å². The molecule has 3 fully saturated rings. The van der Waals surface area contributed by atoms with Gasteiger partial charge in [-0.25, -0.2) is 0 Å². The molecular formula is C20H27NO2. The van der Waals surface area contributed by atoms with Crippen molar-refractivity contribution in [3.8, 4) is 0 Å². The first kappa shape index (κ1) is 15.3. The van der Waals surface area contributed by atoms with Crippen LogP contribution in [-0.2, 0) is 4.79 Å². The zero-order chi connectivity index (χ0) is 16.4. The summed E-state index contributed by atoms with van der Waals surface area (Å²) < 4.78 is 0. The second-order valence-corrected chi connectivity index (χ2v) is 8.87. The number of allylic oxidation sites excluding steroid dienone is 2. The Labute approximate surface area is 138 Å². The van der Waals surface area contributed by atoms with Crippen molar-refractivity contribution in [2.24, 2.45) is 33.8 Å². The maximum Gasteiger partial charge on any atom is 0.156 e. The lowest BCUT2D eigenvalue weighted by Gasteiger charge is -2.58. The molecule has 0 saturated heterocycles. The van der Waals surface area contributed by atoms with Crippen LogP contribution in [0.4, 0.5) is 0 Å². The first-order valence-corrected chi connectivity index (χ1v) is 9.16. The Bertz CT molecular complexity index is 621. The highest BCUT2D eigenvalue weighted by atomic mass is 16.3. The highest BCUT2D eigenvalue weighted by molar-refractivity contribution is 5.92. The van der Waals surface area contributed by atoms with Crippen molar-refractivity contribution in [2.75, 3.05) is 0 Å². The Morgan fingerprint density at radius 2 is 1.96 bits per heavy atom. The van der Waals surface area contributed by atoms with E-state index in [1.807, 2.05) is 6.08 Å². The van der Waals surface area contributed by atoms with Crippen LogP contribution in [0.15, 0.2) is 29.0 Å². The van der Waals surface area contributed by atoms with Gasteiger partial charge in [-0.2, -0.15) is 4.91 Å². The molecule has 0 aromatic carbocycles. The highest BCUT2D eigenvalue weighted by Gasteiger charge is 2.60. The topological polar surface area (TPSA) is 46.5 Å². The molecule has 0 amide bonds. The van der Waals surface area contributed by atoms with E-state index in [2.05, 4.69) is 25.6 Å². The third kappa shape index (κ3) is 1.91. The van der Waals surface area contributed by atoms with Gasteiger partial charge in [-0.1, -0.05) is 31.2 Å². The number of hydrogen-bond donors (Lipinski definition) is 0. The predicted molar refractivity (Wildman–Crippen MR) is 90.8 cm³/mol. The van der Waals surface area contributed by atoms with Crippen molar-refractivity contribution in [1.82, 2.24) is 0 Å². The molecule has 4 rings (SSSR count). The molecule has 0 heterocycles. The first-order valence-electron chi connectivity index (χ1n) is 9.16. The van der Waals surface area contributed by atoms with Gasteiger partial charge in [0.05, 0.1) is 6.04 Å². The van der Waals surface area contributed by atoms with Crippen molar-refractivity contribution >= 4 is 5.78 Å². The van der Waals surface area contributed by atoms with E-state index in [0.717, 1.165) is 32.1 Å². The van der Waals surface area contributed by atoms with Crippen LogP contribution in [0.3, 0.4) is 0 Å². The highest BCUT2D eigenvalue weighted by Crippen LogP contribution is 2.66. The molecule has 0 radical (unpaired) electrons. The molecule has 23 heavy (non-hydrogen) atoms. The van der Waals surface area contributed by atoms with Crippen LogP contribution in [0.5, 0.6) is 0 Å². The van der Waals surface area contributed by atoms with E-state index in [9.17, 15) is 9.70 Å². The average Bonchev–Trinajstić information content (AvgIpc) is 2.86. The summed E-state index contributed by atoms with van der Waals surface area (Å²) in [7, 11) is 0. The summed E-state index contributed by atoms with van der Waals surface area (Å²) in [6.07, 6.45) is 8.91. The van der Waals surface area contributed by atoms with Crippen molar-refractivity contribution in [3.05, 3.63) is 28.7 Å².